The van der Waals surface area contributed by atoms with Crippen LogP contribution in [0.3, 0.4) is 0 Å². The minimum absolute atomic E-state index is 0.00526. The normalized spacial score (nSPS) is 16.6. The number of amides is 1. The van der Waals surface area contributed by atoms with Crippen molar-refractivity contribution < 1.29 is 19.1 Å². The molecule has 0 bridgehead atoms. The number of fused-ring (bicyclic) bond motifs is 2. The van der Waals surface area contributed by atoms with Gasteiger partial charge in [-0.2, -0.15) is 0 Å². The van der Waals surface area contributed by atoms with Crippen LogP contribution in [0.2, 0.25) is 0 Å². The molecule has 1 aromatic heterocycles. The van der Waals surface area contributed by atoms with Crippen LogP contribution in [0.5, 0.6) is 0 Å². The van der Waals surface area contributed by atoms with Crippen LogP contribution in [-0.4, -0.2) is 17.0 Å². The number of anilines is 2. The number of nitrogens with one attached hydrogen (secondary N) is 2. The number of hydrogen-bond donors (Lipinski definition) is 3. The van der Waals surface area contributed by atoms with Gasteiger partial charge in [0.1, 0.15) is 11.5 Å². The predicted molar refractivity (Wildman–Crippen MR) is 133 cm³/mol. The molecule has 174 valence electrons. The van der Waals surface area contributed by atoms with E-state index in [1.165, 1.54) is 5.56 Å². The molecule has 2 heterocycles. The van der Waals surface area contributed by atoms with Gasteiger partial charge in [-0.15, -0.1) is 0 Å². The highest BCUT2D eigenvalue weighted by Gasteiger charge is 2.29. The second kappa shape index (κ2) is 9.21. The van der Waals surface area contributed by atoms with Gasteiger partial charge in [-0.05, 0) is 74.1 Å². The van der Waals surface area contributed by atoms with Gasteiger partial charge < -0.3 is 20.2 Å². The molecule has 6 nitrogen and oxygen atoms in total. The lowest BCUT2D eigenvalue weighted by Crippen LogP contribution is -2.11. The first-order valence-corrected chi connectivity index (χ1v) is 11.8. The Morgan fingerprint density at radius 1 is 1.18 bits per heavy atom. The van der Waals surface area contributed by atoms with Gasteiger partial charge in [-0.1, -0.05) is 24.3 Å². The first kappa shape index (κ1) is 22.0. The molecular weight excluding hydrogens is 428 g/mol. The average Bonchev–Trinajstić information content (AvgIpc) is 3.35. The van der Waals surface area contributed by atoms with Crippen LogP contribution in [0.25, 0.3) is 11.6 Å². The Hall–Kier alpha value is -3.80. The Kier molecular flexibility index (Phi) is 5.97. The second-order valence-electron chi connectivity index (χ2n) is 9.01. The molecule has 0 saturated carbocycles. The SMILES string of the molecule is CC(Nc1ccccc1)c1c(C=C2C(=O)Nc3ccc(CCC(=O)O)cc32)oc2c1CCCC2. The number of carboxylic acids is 1. The Morgan fingerprint density at radius 2 is 1.97 bits per heavy atom. The lowest BCUT2D eigenvalue weighted by molar-refractivity contribution is -0.137. The van der Waals surface area contributed by atoms with Crippen LogP contribution in [-0.2, 0) is 28.9 Å². The van der Waals surface area contributed by atoms with Crippen LogP contribution < -0.4 is 10.6 Å². The second-order valence-corrected chi connectivity index (χ2v) is 9.01. The lowest BCUT2D eigenvalue weighted by atomic mass is 9.91. The molecule has 1 aliphatic heterocycles. The maximum absolute atomic E-state index is 12.9. The van der Waals surface area contributed by atoms with Crippen molar-refractivity contribution >= 4 is 34.9 Å². The third-order valence-corrected chi connectivity index (χ3v) is 6.60. The molecule has 5 rings (SSSR count). The van der Waals surface area contributed by atoms with E-state index in [4.69, 9.17) is 9.52 Å². The highest BCUT2D eigenvalue weighted by molar-refractivity contribution is 6.34. The number of rotatable bonds is 7. The number of furan rings is 1. The smallest absolute Gasteiger partial charge is 0.303 e. The monoisotopic (exact) mass is 456 g/mol. The van der Waals surface area contributed by atoms with Gasteiger partial charge in [0, 0.05) is 35.3 Å². The summed E-state index contributed by atoms with van der Waals surface area (Å²) < 4.78 is 6.36. The van der Waals surface area contributed by atoms with Gasteiger partial charge in [-0.25, -0.2) is 0 Å². The van der Waals surface area contributed by atoms with Crippen molar-refractivity contribution in [1.29, 1.82) is 0 Å². The van der Waals surface area contributed by atoms with Gasteiger partial charge in [0.2, 0.25) is 0 Å². The van der Waals surface area contributed by atoms with Crippen LogP contribution >= 0.6 is 0 Å². The predicted octanol–water partition coefficient (Wildman–Crippen LogP) is 5.84. The summed E-state index contributed by atoms with van der Waals surface area (Å²) in [6, 6.07) is 15.7. The van der Waals surface area contributed by atoms with E-state index in [2.05, 4.69) is 17.6 Å². The van der Waals surface area contributed by atoms with E-state index in [1.807, 2.05) is 54.6 Å². The fourth-order valence-electron chi connectivity index (χ4n) is 4.97. The fourth-order valence-corrected chi connectivity index (χ4v) is 4.97. The molecule has 0 fully saturated rings. The van der Waals surface area contributed by atoms with Gasteiger partial charge in [0.05, 0.1) is 11.6 Å². The molecule has 1 aliphatic carbocycles. The summed E-state index contributed by atoms with van der Waals surface area (Å²) in [6.45, 7) is 2.13. The Balaban J connectivity index is 1.54. The largest absolute Gasteiger partial charge is 0.481 e. The van der Waals surface area contributed by atoms with Crippen molar-refractivity contribution in [1.82, 2.24) is 0 Å². The zero-order valence-corrected chi connectivity index (χ0v) is 19.2. The van der Waals surface area contributed by atoms with Crippen molar-refractivity contribution in [3.8, 4) is 0 Å². The van der Waals surface area contributed by atoms with Crippen LogP contribution in [0.1, 0.15) is 66.0 Å². The summed E-state index contributed by atoms with van der Waals surface area (Å²) in [7, 11) is 0. The standard InChI is InChI=1S/C28H28N2O4/c1-17(29-19-7-3-2-4-8-19)27-20-9-5-6-10-24(20)34-25(27)16-22-21-15-18(12-14-26(31)32)11-13-23(21)30-28(22)33/h2-4,7-8,11,13,15-17,29H,5-6,9-10,12,14H2,1H3,(H,30,33)(H,31,32). The Morgan fingerprint density at radius 3 is 2.76 bits per heavy atom. The molecule has 0 saturated heterocycles. The molecule has 1 amide bonds. The van der Waals surface area contributed by atoms with Crippen LogP contribution in [0.4, 0.5) is 11.4 Å². The number of carbonyl (C=O) groups excluding carboxylic acids is 1. The minimum Gasteiger partial charge on any atom is -0.481 e. The number of para-hydroxylation sites is 1. The molecule has 1 atom stereocenters. The van der Waals surface area contributed by atoms with E-state index >= 15 is 0 Å². The molecular formula is C28H28N2O4. The van der Waals surface area contributed by atoms with E-state index in [0.717, 1.165) is 65.3 Å². The minimum atomic E-state index is -0.837. The molecule has 1 unspecified atom stereocenters. The number of benzene rings is 2. The van der Waals surface area contributed by atoms with Crippen molar-refractivity contribution in [3.63, 3.8) is 0 Å². The first-order valence-electron chi connectivity index (χ1n) is 11.8. The summed E-state index contributed by atoms with van der Waals surface area (Å²) >= 11 is 0. The molecule has 3 N–H and O–H groups in total. The van der Waals surface area contributed by atoms with Crippen molar-refractivity contribution in [2.24, 2.45) is 0 Å². The Bertz CT molecular complexity index is 1270. The van der Waals surface area contributed by atoms with E-state index in [-0.39, 0.29) is 18.4 Å². The van der Waals surface area contributed by atoms with Crippen LogP contribution in [0, 0.1) is 0 Å². The average molecular weight is 457 g/mol. The number of aliphatic carboxylic acids is 1. The maximum atomic E-state index is 12.9. The number of aryl methyl sites for hydroxylation is 2. The zero-order valence-electron chi connectivity index (χ0n) is 19.2. The van der Waals surface area contributed by atoms with Gasteiger partial charge in [0.15, 0.2) is 0 Å². The highest BCUT2D eigenvalue weighted by atomic mass is 16.4. The van der Waals surface area contributed by atoms with Crippen molar-refractivity contribution in [2.75, 3.05) is 10.6 Å². The summed E-state index contributed by atoms with van der Waals surface area (Å²) in [5, 5.41) is 15.5. The first-order chi connectivity index (χ1) is 16.5. The molecule has 3 aromatic rings. The van der Waals surface area contributed by atoms with E-state index in [0.29, 0.717) is 12.0 Å². The molecule has 2 aromatic carbocycles. The summed E-state index contributed by atoms with van der Waals surface area (Å²) in [4.78, 5) is 23.9. The van der Waals surface area contributed by atoms with Gasteiger partial charge in [-0.3, -0.25) is 9.59 Å². The molecule has 0 radical (unpaired) electrons. The molecule has 6 heteroatoms. The topological polar surface area (TPSA) is 91.6 Å². The van der Waals surface area contributed by atoms with E-state index < -0.39 is 5.97 Å². The Labute approximate surface area is 198 Å². The number of hydrogen-bond acceptors (Lipinski definition) is 4. The molecule has 0 spiro atoms. The number of carbonyl (C=O) groups is 2. The van der Waals surface area contributed by atoms with Gasteiger partial charge in [0.25, 0.3) is 5.91 Å². The van der Waals surface area contributed by atoms with E-state index in [9.17, 15) is 9.59 Å². The van der Waals surface area contributed by atoms with Crippen molar-refractivity contribution in [3.05, 3.63) is 82.3 Å². The molecule has 2 aliphatic rings. The lowest BCUT2D eigenvalue weighted by Gasteiger charge is -2.18. The van der Waals surface area contributed by atoms with Gasteiger partial charge >= 0.3 is 5.97 Å². The summed E-state index contributed by atoms with van der Waals surface area (Å²) in [6.07, 6.45) is 6.45. The summed E-state index contributed by atoms with van der Waals surface area (Å²) in [5.74, 6) is 0.728. The fraction of sp³-hybridized carbons (Fsp3) is 0.286. The third kappa shape index (κ3) is 4.36. The highest BCUT2D eigenvalue weighted by Crippen LogP contribution is 2.39. The van der Waals surface area contributed by atoms with Crippen LogP contribution in [0.15, 0.2) is 52.9 Å². The summed E-state index contributed by atoms with van der Waals surface area (Å²) in [5.41, 5.74) is 6.36. The maximum Gasteiger partial charge on any atom is 0.303 e. The number of carboxylic acid groups (broad SMARTS) is 1. The van der Waals surface area contributed by atoms with Crippen molar-refractivity contribution in [2.45, 2.75) is 51.5 Å². The molecule has 34 heavy (non-hydrogen) atoms. The quantitative estimate of drug-likeness (QED) is 0.389. The third-order valence-electron chi connectivity index (χ3n) is 6.60. The zero-order chi connectivity index (χ0) is 23.7. The van der Waals surface area contributed by atoms with E-state index in [1.54, 1.807) is 0 Å².